The highest BCUT2D eigenvalue weighted by Crippen LogP contribution is 2.28. The van der Waals surface area contributed by atoms with Gasteiger partial charge in [0.15, 0.2) is 11.2 Å². The molecular formula is C17H15ClN2O2S. The van der Waals surface area contributed by atoms with Gasteiger partial charge in [0, 0.05) is 5.02 Å². The molecule has 0 bridgehead atoms. The van der Waals surface area contributed by atoms with Gasteiger partial charge in [0.05, 0.1) is 10.2 Å². The third-order valence-corrected chi connectivity index (χ3v) is 4.42. The van der Waals surface area contributed by atoms with E-state index in [9.17, 15) is 4.79 Å². The molecule has 0 fully saturated rings. The first kappa shape index (κ1) is 15.8. The number of hydrogen-bond donors (Lipinski definition) is 1. The Morgan fingerprint density at radius 1 is 1.30 bits per heavy atom. The van der Waals surface area contributed by atoms with Crippen molar-refractivity contribution in [3.8, 4) is 5.75 Å². The van der Waals surface area contributed by atoms with Crippen LogP contribution in [0.3, 0.4) is 0 Å². The van der Waals surface area contributed by atoms with Crippen molar-refractivity contribution in [2.75, 3.05) is 5.32 Å². The summed E-state index contributed by atoms with van der Waals surface area (Å²) in [5.74, 6) is 0.431. The minimum absolute atomic E-state index is 0.239. The second-order valence-electron chi connectivity index (χ2n) is 5.20. The van der Waals surface area contributed by atoms with E-state index in [0.717, 1.165) is 15.8 Å². The number of fused-ring (bicyclic) bond motifs is 1. The van der Waals surface area contributed by atoms with Crippen LogP contribution < -0.4 is 10.1 Å². The van der Waals surface area contributed by atoms with Crippen molar-refractivity contribution in [3.63, 3.8) is 0 Å². The number of benzene rings is 2. The third kappa shape index (κ3) is 3.81. The molecule has 0 aliphatic carbocycles. The molecule has 1 N–H and O–H groups in total. The number of hydrogen-bond acceptors (Lipinski definition) is 4. The van der Waals surface area contributed by atoms with E-state index in [4.69, 9.17) is 16.3 Å². The lowest BCUT2D eigenvalue weighted by atomic mass is 10.2. The Hall–Kier alpha value is -2.11. The van der Waals surface area contributed by atoms with Gasteiger partial charge in [0.1, 0.15) is 5.75 Å². The summed E-state index contributed by atoms with van der Waals surface area (Å²) in [5, 5.41) is 3.97. The first-order chi connectivity index (χ1) is 11.0. The van der Waals surface area contributed by atoms with Crippen molar-refractivity contribution in [1.29, 1.82) is 0 Å². The molecule has 4 nitrogen and oxygen atoms in total. The van der Waals surface area contributed by atoms with Gasteiger partial charge in [-0.15, -0.1) is 0 Å². The lowest BCUT2D eigenvalue weighted by Crippen LogP contribution is -2.30. The summed E-state index contributed by atoms with van der Waals surface area (Å²) in [6.07, 6.45) is -0.618. The zero-order valence-corrected chi connectivity index (χ0v) is 14.2. The number of carbonyl (C=O) groups excluding carboxylic acids is 1. The highest BCUT2D eigenvalue weighted by molar-refractivity contribution is 7.22. The molecule has 118 valence electrons. The molecule has 0 saturated heterocycles. The lowest BCUT2D eigenvalue weighted by molar-refractivity contribution is -0.122. The summed E-state index contributed by atoms with van der Waals surface area (Å²) < 4.78 is 6.60. The molecule has 0 aliphatic heterocycles. The molecule has 1 amide bonds. The lowest BCUT2D eigenvalue weighted by Gasteiger charge is -2.13. The number of rotatable bonds is 4. The molecular weight excluding hydrogens is 332 g/mol. The number of halogens is 1. The van der Waals surface area contributed by atoms with Crippen molar-refractivity contribution in [2.45, 2.75) is 20.0 Å². The van der Waals surface area contributed by atoms with E-state index in [-0.39, 0.29) is 5.91 Å². The summed E-state index contributed by atoms with van der Waals surface area (Å²) >= 11 is 7.34. The molecule has 6 heteroatoms. The van der Waals surface area contributed by atoms with E-state index in [2.05, 4.69) is 10.3 Å². The van der Waals surface area contributed by atoms with E-state index in [0.29, 0.717) is 15.9 Å². The van der Waals surface area contributed by atoms with E-state index >= 15 is 0 Å². The molecule has 0 unspecified atom stereocenters. The van der Waals surface area contributed by atoms with Gasteiger partial charge in [-0.2, -0.15) is 0 Å². The van der Waals surface area contributed by atoms with Gasteiger partial charge in [-0.25, -0.2) is 4.98 Å². The summed E-state index contributed by atoms with van der Waals surface area (Å²) in [7, 11) is 0. The fourth-order valence-corrected chi connectivity index (χ4v) is 3.25. The Balaban J connectivity index is 1.69. The summed E-state index contributed by atoms with van der Waals surface area (Å²) in [6, 6.07) is 13.0. The Labute approximate surface area is 143 Å². The van der Waals surface area contributed by atoms with Crippen LogP contribution in [0.1, 0.15) is 12.5 Å². The van der Waals surface area contributed by atoms with Gasteiger partial charge < -0.3 is 4.74 Å². The summed E-state index contributed by atoms with van der Waals surface area (Å²) in [5.41, 5.74) is 1.89. The molecule has 1 atom stereocenters. The molecule has 3 aromatic rings. The van der Waals surface area contributed by atoms with Crippen LogP contribution in [0, 0.1) is 6.92 Å². The smallest absolute Gasteiger partial charge is 0.266 e. The van der Waals surface area contributed by atoms with Crippen molar-refractivity contribution in [1.82, 2.24) is 4.98 Å². The van der Waals surface area contributed by atoms with Gasteiger partial charge in [-0.3, -0.25) is 10.1 Å². The molecule has 0 spiro atoms. The molecule has 2 aromatic carbocycles. The molecule has 3 rings (SSSR count). The van der Waals surface area contributed by atoms with Crippen LogP contribution >= 0.6 is 22.9 Å². The second kappa shape index (κ2) is 6.56. The molecule has 0 saturated carbocycles. The average Bonchev–Trinajstić information content (AvgIpc) is 2.88. The molecule has 0 radical (unpaired) electrons. The standard InChI is InChI=1S/C17H15ClN2O2S/c1-10-4-3-5-13(8-10)22-11(2)16(21)20-17-19-14-7-6-12(18)9-15(14)23-17/h3-9,11H,1-2H3,(H,19,20,21)/t11-/m0/s1. The highest BCUT2D eigenvalue weighted by atomic mass is 35.5. The first-order valence-corrected chi connectivity index (χ1v) is 8.31. The number of aryl methyl sites for hydroxylation is 1. The number of nitrogens with one attached hydrogen (secondary N) is 1. The molecule has 1 heterocycles. The van der Waals surface area contributed by atoms with Crippen molar-refractivity contribution >= 4 is 44.2 Å². The maximum Gasteiger partial charge on any atom is 0.266 e. The van der Waals surface area contributed by atoms with E-state index in [1.807, 2.05) is 43.3 Å². The number of ether oxygens (including phenoxy) is 1. The van der Waals surface area contributed by atoms with E-state index in [1.54, 1.807) is 13.0 Å². The van der Waals surface area contributed by atoms with Crippen LogP contribution in [0.25, 0.3) is 10.2 Å². The third-order valence-electron chi connectivity index (χ3n) is 3.25. The average molecular weight is 347 g/mol. The normalized spacial score (nSPS) is 12.1. The summed E-state index contributed by atoms with van der Waals surface area (Å²) in [4.78, 5) is 16.6. The predicted octanol–water partition coefficient (Wildman–Crippen LogP) is 4.66. The number of nitrogens with zero attached hydrogens (tertiary/aromatic N) is 1. The quantitative estimate of drug-likeness (QED) is 0.747. The number of aromatic nitrogens is 1. The zero-order valence-electron chi connectivity index (χ0n) is 12.7. The van der Waals surface area contributed by atoms with E-state index in [1.165, 1.54) is 11.3 Å². The maximum absolute atomic E-state index is 12.2. The minimum Gasteiger partial charge on any atom is -0.481 e. The van der Waals surface area contributed by atoms with Gasteiger partial charge >= 0.3 is 0 Å². The van der Waals surface area contributed by atoms with Crippen molar-refractivity contribution in [3.05, 3.63) is 53.1 Å². The van der Waals surface area contributed by atoms with Crippen LogP contribution in [0.5, 0.6) is 5.75 Å². The van der Waals surface area contributed by atoms with Crippen LogP contribution in [0.15, 0.2) is 42.5 Å². The molecule has 0 aliphatic rings. The van der Waals surface area contributed by atoms with Crippen LogP contribution in [-0.2, 0) is 4.79 Å². The number of carbonyl (C=O) groups is 1. The van der Waals surface area contributed by atoms with Crippen LogP contribution in [0.4, 0.5) is 5.13 Å². The molecule has 23 heavy (non-hydrogen) atoms. The fraction of sp³-hybridized carbons (Fsp3) is 0.176. The number of amides is 1. The number of thiazole rings is 1. The predicted molar refractivity (Wildman–Crippen MR) is 94.5 cm³/mol. The second-order valence-corrected chi connectivity index (χ2v) is 6.66. The fourth-order valence-electron chi connectivity index (χ4n) is 2.11. The van der Waals surface area contributed by atoms with Gasteiger partial charge in [-0.1, -0.05) is 35.1 Å². The van der Waals surface area contributed by atoms with Crippen LogP contribution in [0.2, 0.25) is 5.02 Å². The Morgan fingerprint density at radius 2 is 2.13 bits per heavy atom. The zero-order chi connectivity index (χ0) is 16.4. The Morgan fingerprint density at radius 3 is 2.91 bits per heavy atom. The van der Waals surface area contributed by atoms with Crippen molar-refractivity contribution in [2.24, 2.45) is 0 Å². The Bertz CT molecular complexity index is 863. The minimum atomic E-state index is -0.618. The monoisotopic (exact) mass is 346 g/mol. The number of anilines is 1. The SMILES string of the molecule is Cc1cccc(O[C@@H](C)C(=O)Nc2nc3ccc(Cl)cc3s2)c1. The van der Waals surface area contributed by atoms with Gasteiger partial charge in [0.2, 0.25) is 0 Å². The van der Waals surface area contributed by atoms with Gasteiger partial charge in [0.25, 0.3) is 5.91 Å². The van der Waals surface area contributed by atoms with E-state index < -0.39 is 6.10 Å². The van der Waals surface area contributed by atoms with Crippen molar-refractivity contribution < 1.29 is 9.53 Å². The topological polar surface area (TPSA) is 51.2 Å². The largest absolute Gasteiger partial charge is 0.481 e. The highest BCUT2D eigenvalue weighted by Gasteiger charge is 2.17. The maximum atomic E-state index is 12.2. The van der Waals surface area contributed by atoms with Crippen LogP contribution in [-0.4, -0.2) is 17.0 Å². The summed E-state index contributed by atoms with van der Waals surface area (Å²) in [6.45, 7) is 3.69. The molecule has 1 aromatic heterocycles. The van der Waals surface area contributed by atoms with Gasteiger partial charge in [-0.05, 0) is 49.7 Å². The Kier molecular flexibility index (Phi) is 4.50. The first-order valence-electron chi connectivity index (χ1n) is 7.11.